The SMILES string of the molecule is Nc1nc(N)c2nc(CNc3ccc(C(=O)N[C@@H](CCSCNC(=O)c4ccccc4C(=O)O)C(=O)O)cc3)cnc2n1. The molecule has 16 heteroatoms. The molecule has 4 aromatic rings. The summed E-state index contributed by atoms with van der Waals surface area (Å²) in [5, 5.41) is 27.1. The van der Waals surface area contributed by atoms with Crippen LogP contribution in [0.2, 0.25) is 0 Å². The lowest BCUT2D eigenvalue weighted by atomic mass is 10.1. The first-order valence-corrected chi connectivity index (χ1v) is 13.9. The van der Waals surface area contributed by atoms with E-state index in [9.17, 15) is 29.4 Å². The van der Waals surface area contributed by atoms with Gasteiger partial charge in [-0.2, -0.15) is 9.97 Å². The molecule has 0 saturated carbocycles. The molecule has 15 nitrogen and oxygen atoms in total. The van der Waals surface area contributed by atoms with E-state index >= 15 is 0 Å². The van der Waals surface area contributed by atoms with Crippen molar-refractivity contribution in [1.29, 1.82) is 0 Å². The molecule has 0 bridgehead atoms. The summed E-state index contributed by atoms with van der Waals surface area (Å²) < 4.78 is 0. The summed E-state index contributed by atoms with van der Waals surface area (Å²) in [6.45, 7) is 0.295. The molecule has 0 saturated heterocycles. The maximum absolute atomic E-state index is 12.7. The second-order valence-electron chi connectivity index (χ2n) is 8.99. The fourth-order valence-electron chi connectivity index (χ4n) is 3.85. The summed E-state index contributed by atoms with van der Waals surface area (Å²) in [7, 11) is 0. The van der Waals surface area contributed by atoms with Crippen LogP contribution in [-0.4, -0.2) is 71.6 Å². The number of benzene rings is 2. The van der Waals surface area contributed by atoms with Crippen LogP contribution in [0.5, 0.6) is 0 Å². The smallest absolute Gasteiger partial charge is 0.336 e. The Morgan fingerprint density at radius 3 is 2.33 bits per heavy atom. The first kappa shape index (κ1) is 30.4. The van der Waals surface area contributed by atoms with E-state index in [1.807, 2.05) is 0 Å². The number of fused-ring (bicyclic) bond motifs is 1. The zero-order valence-electron chi connectivity index (χ0n) is 22.5. The fourth-order valence-corrected chi connectivity index (χ4v) is 4.63. The first-order chi connectivity index (χ1) is 20.6. The normalized spacial score (nSPS) is 11.4. The van der Waals surface area contributed by atoms with Crippen molar-refractivity contribution in [1.82, 2.24) is 30.6 Å². The summed E-state index contributed by atoms with van der Waals surface area (Å²) in [5.74, 6) is -2.96. The predicted octanol–water partition coefficient (Wildman–Crippen LogP) is 1.59. The minimum atomic E-state index is -1.21. The van der Waals surface area contributed by atoms with Crippen molar-refractivity contribution in [3.63, 3.8) is 0 Å². The number of carboxylic acid groups (broad SMARTS) is 2. The number of aromatic carboxylic acids is 1. The number of nitrogen functional groups attached to an aromatic ring is 2. The maximum Gasteiger partial charge on any atom is 0.336 e. The molecule has 0 spiro atoms. The molecule has 2 aromatic heterocycles. The van der Waals surface area contributed by atoms with Crippen LogP contribution in [0.3, 0.4) is 0 Å². The Hall–Kier alpha value is -5.51. The first-order valence-electron chi connectivity index (χ1n) is 12.7. The Balaban J connectivity index is 1.24. The maximum atomic E-state index is 12.7. The number of anilines is 3. The fraction of sp³-hybridized carbons (Fsp3) is 0.185. The van der Waals surface area contributed by atoms with E-state index in [0.29, 0.717) is 29.2 Å². The number of carbonyl (C=O) groups is 4. The van der Waals surface area contributed by atoms with Gasteiger partial charge in [0.15, 0.2) is 17.0 Å². The van der Waals surface area contributed by atoms with Crippen molar-refractivity contribution < 1.29 is 29.4 Å². The number of aliphatic carboxylic acids is 1. The second-order valence-corrected chi connectivity index (χ2v) is 10.1. The quantitative estimate of drug-likeness (QED) is 0.0844. The standard InChI is InChI=1S/C27H27N9O6S/c28-21-20-22(36-27(29)35-21)31-12-16(33-20)11-30-15-7-5-14(6-8-15)23(37)34-19(26(41)42)9-10-43-13-32-24(38)17-3-1-2-4-18(17)25(39)40/h1-8,12,19,30H,9-11,13H2,(H,32,38)(H,34,37)(H,39,40)(H,41,42)(H4,28,29,31,35,36)/t19-/m0/s1. The summed E-state index contributed by atoms with van der Waals surface area (Å²) in [6, 6.07) is 11.1. The van der Waals surface area contributed by atoms with E-state index in [0.717, 1.165) is 0 Å². The molecule has 2 amide bonds. The molecule has 1 atom stereocenters. The summed E-state index contributed by atoms with van der Waals surface area (Å²) in [6.07, 6.45) is 1.63. The highest BCUT2D eigenvalue weighted by Gasteiger charge is 2.21. The number of amides is 2. The molecule has 2 heterocycles. The van der Waals surface area contributed by atoms with E-state index in [-0.39, 0.29) is 46.4 Å². The molecule has 2 aromatic carbocycles. The molecule has 0 aliphatic carbocycles. The minimum Gasteiger partial charge on any atom is -0.480 e. The van der Waals surface area contributed by atoms with Gasteiger partial charge in [0, 0.05) is 11.3 Å². The van der Waals surface area contributed by atoms with Crippen LogP contribution in [0, 0.1) is 0 Å². The zero-order chi connectivity index (χ0) is 30.9. The lowest BCUT2D eigenvalue weighted by Gasteiger charge is -2.15. The number of carbonyl (C=O) groups excluding carboxylic acids is 2. The molecule has 0 aliphatic heterocycles. The summed E-state index contributed by atoms with van der Waals surface area (Å²) >= 11 is 1.24. The number of carboxylic acids is 2. The van der Waals surface area contributed by atoms with Crippen LogP contribution < -0.4 is 27.4 Å². The van der Waals surface area contributed by atoms with Crippen LogP contribution in [0.25, 0.3) is 11.2 Å². The molecule has 0 aliphatic rings. The molecule has 9 N–H and O–H groups in total. The minimum absolute atomic E-state index is 0.00589. The molecule has 0 radical (unpaired) electrons. The van der Waals surface area contributed by atoms with Crippen molar-refractivity contribution >= 4 is 64.1 Å². The number of nitrogens with zero attached hydrogens (tertiary/aromatic N) is 4. The summed E-state index contributed by atoms with van der Waals surface area (Å²) in [5.41, 5.74) is 13.5. The number of rotatable bonds is 13. The Kier molecular flexibility index (Phi) is 9.85. The monoisotopic (exact) mass is 605 g/mol. The highest BCUT2D eigenvalue weighted by atomic mass is 32.2. The van der Waals surface area contributed by atoms with Gasteiger partial charge < -0.3 is 37.6 Å². The Morgan fingerprint density at radius 2 is 1.63 bits per heavy atom. The van der Waals surface area contributed by atoms with Gasteiger partial charge in [-0.25, -0.2) is 19.6 Å². The van der Waals surface area contributed by atoms with Gasteiger partial charge in [-0.05, 0) is 48.6 Å². The van der Waals surface area contributed by atoms with Gasteiger partial charge in [0.2, 0.25) is 5.95 Å². The third-order valence-corrected chi connectivity index (χ3v) is 6.89. The third-order valence-electron chi connectivity index (χ3n) is 6.01. The Labute approximate surface area is 248 Å². The predicted molar refractivity (Wildman–Crippen MR) is 159 cm³/mol. The molecule has 0 unspecified atom stereocenters. The Bertz CT molecular complexity index is 1670. The number of hydrogen-bond donors (Lipinski definition) is 7. The number of hydrogen-bond acceptors (Lipinski definition) is 12. The number of nitrogens with two attached hydrogens (primary N) is 2. The van der Waals surface area contributed by atoms with E-state index in [2.05, 4.69) is 35.9 Å². The molecular weight excluding hydrogens is 578 g/mol. The van der Waals surface area contributed by atoms with Crippen LogP contribution in [-0.2, 0) is 11.3 Å². The van der Waals surface area contributed by atoms with Gasteiger partial charge in [-0.1, -0.05) is 12.1 Å². The average Bonchev–Trinajstić information content (AvgIpc) is 2.99. The van der Waals surface area contributed by atoms with Crippen LogP contribution in [0.1, 0.15) is 43.2 Å². The molecular formula is C27H27N9O6S. The van der Waals surface area contributed by atoms with Crippen LogP contribution in [0.4, 0.5) is 17.5 Å². The topological polar surface area (TPSA) is 248 Å². The average molecular weight is 606 g/mol. The van der Waals surface area contributed by atoms with Gasteiger partial charge in [0.25, 0.3) is 11.8 Å². The van der Waals surface area contributed by atoms with Crippen molar-refractivity contribution in [2.45, 2.75) is 19.0 Å². The lowest BCUT2D eigenvalue weighted by molar-refractivity contribution is -0.139. The van der Waals surface area contributed by atoms with Crippen molar-refractivity contribution in [2.75, 3.05) is 28.4 Å². The van der Waals surface area contributed by atoms with Crippen LogP contribution in [0.15, 0.2) is 54.7 Å². The molecule has 43 heavy (non-hydrogen) atoms. The van der Waals surface area contributed by atoms with Gasteiger partial charge in [0.1, 0.15) is 6.04 Å². The number of thioether (sulfide) groups is 1. The van der Waals surface area contributed by atoms with Gasteiger partial charge in [-0.15, -0.1) is 11.8 Å². The second kappa shape index (κ2) is 13.9. The van der Waals surface area contributed by atoms with Gasteiger partial charge >= 0.3 is 11.9 Å². The largest absolute Gasteiger partial charge is 0.480 e. The molecule has 222 valence electrons. The van der Waals surface area contributed by atoms with Crippen LogP contribution >= 0.6 is 11.8 Å². The number of aromatic nitrogens is 4. The summed E-state index contributed by atoms with van der Waals surface area (Å²) in [4.78, 5) is 64.5. The number of nitrogens with one attached hydrogen (secondary N) is 3. The van der Waals surface area contributed by atoms with E-state index in [4.69, 9.17) is 11.5 Å². The third kappa shape index (κ3) is 8.04. The Morgan fingerprint density at radius 1 is 0.907 bits per heavy atom. The van der Waals surface area contributed by atoms with E-state index < -0.39 is 29.8 Å². The van der Waals surface area contributed by atoms with E-state index in [1.165, 1.54) is 36.2 Å². The zero-order valence-corrected chi connectivity index (χ0v) is 23.3. The van der Waals surface area contributed by atoms with Crippen molar-refractivity contribution in [3.8, 4) is 0 Å². The lowest BCUT2D eigenvalue weighted by Crippen LogP contribution is -2.41. The van der Waals surface area contributed by atoms with E-state index in [1.54, 1.807) is 30.3 Å². The highest BCUT2D eigenvalue weighted by molar-refractivity contribution is 7.99. The van der Waals surface area contributed by atoms with Gasteiger partial charge in [0.05, 0.1) is 35.4 Å². The van der Waals surface area contributed by atoms with Crippen molar-refractivity contribution in [2.24, 2.45) is 0 Å². The highest BCUT2D eigenvalue weighted by Crippen LogP contribution is 2.16. The molecule has 4 rings (SSSR count). The molecule has 0 fully saturated rings. The van der Waals surface area contributed by atoms with Crippen molar-refractivity contribution in [3.05, 3.63) is 77.1 Å². The van der Waals surface area contributed by atoms with Gasteiger partial charge in [-0.3, -0.25) is 9.59 Å².